The van der Waals surface area contributed by atoms with Crippen molar-refractivity contribution in [3.05, 3.63) is 60.2 Å². The maximum atomic E-state index is 13.7. The molecule has 21 heavy (non-hydrogen) atoms. The van der Waals surface area contributed by atoms with Crippen LogP contribution in [0.3, 0.4) is 0 Å². The fourth-order valence-corrected chi connectivity index (χ4v) is 2.53. The number of nitrogens with zero attached hydrogens (tertiary/aromatic N) is 3. The summed E-state index contributed by atoms with van der Waals surface area (Å²) in [5.74, 6) is -0.693. The second kappa shape index (κ2) is 5.91. The molecule has 108 valence electrons. The van der Waals surface area contributed by atoms with Gasteiger partial charge in [-0.05, 0) is 24.3 Å². The third-order valence-electron chi connectivity index (χ3n) is 3.70. The van der Waals surface area contributed by atoms with Crippen LogP contribution in [0.5, 0.6) is 0 Å². The Morgan fingerprint density at radius 2 is 1.67 bits per heavy atom. The first kappa shape index (κ1) is 13.5. The molecule has 2 aromatic rings. The molecule has 1 amide bonds. The van der Waals surface area contributed by atoms with Crippen molar-refractivity contribution in [1.82, 2.24) is 9.88 Å². The fraction of sp³-hybridized carbons (Fsp3) is 0.250. The molecule has 0 radical (unpaired) electrons. The summed E-state index contributed by atoms with van der Waals surface area (Å²) in [4.78, 5) is 20.2. The van der Waals surface area contributed by atoms with Crippen molar-refractivity contribution < 1.29 is 9.18 Å². The number of carbonyl (C=O) groups excluding carboxylic acids is 1. The summed E-state index contributed by atoms with van der Waals surface area (Å²) >= 11 is 0. The van der Waals surface area contributed by atoms with E-state index in [1.807, 2.05) is 12.1 Å². The lowest BCUT2D eigenvalue weighted by Gasteiger charge is -2.36. The molecule has 0 N–H and O–H groups in total. The third-order valence-corrected chi connectivity index (χ3v) is 3.70. The molecule has 1 saturated heterocycles. The first-order valence-corrected chi connectivity index (χ1v) is 6.94. The van der Waals surface area contributed by atoms with Crippen molar-refractivity contribution in [3.8, 4) is 0 Å². The number of hydrogen-bond donors (Lipinski definition) is 0. The summed E-state index contributed by atoms with van der Waals surface area (Å²) in [6.07, 6.45) is 3.51. The Morgan fingerprint density at radius 3 is 2.33 bits per heavy atom. The SMILES string of the molecule is O=C(c1ccccc1F)N1CCN(c2ccncc2)CC1. The second-order valence-corrected chi connectivity index (χ2v) is 4.96. The number of piperazine rings is 1. The van der Waals surface area contributed by atoms with E-state index in [9.17, 15) is 9.18 Å². The van der Waals surface area contributed by atoms with E-state index < -0.39 is 5.82 Å². The molecule has 1 aliphatic rings. The van der Waals surface area contributed by atoms with Gasteiger partial charge in [0.1, 0.15) is 5.82 Å². The van der Waals surface area contributed by atoms with Gasteiger partial charge in [0.25, 0.3) is 5.91 Å². The van der Waals surface area contributed by atoms with E-state index in [-0.39, 0.29) is 11.5 Å². The van der Waals surface area contributed by atoms with E-state index >= 15 is 0 Å². The highest BCUT2D eigenvalue weighted by Crippen LogP contribution is 2.17. The Hall–Kier alpha value is -2.43. The van der Waals surface area contributed by atoms with Crippen LogP contribution in [0.2, 0.25) is 0 Å². The van der Waals surface area contributed by atoms with Gasteiger partial charge in [0.05, 0.1) is 5.56 Å². The maximum absolute atomic E-state index is 13.7. The number of anilines is 1. The average molecular weight is 285 g/mol. The zero-order chi connectivity index (χ0) is 14.7. The summed E-state index contributed by atoms with van der Waals surface area (Å²) in [5, 5.41) is 0. The van der Waals surface area contributed by atoms with Crippen LogP contribution in [-0.2, 0) is 0 Å². The number of amides is 1. The van der Waals surface area contributed by atoms with Gasteiger partial charge in [-0.3, -0.25) is 9.78 Å². The number of carbonyl (C=O) groups is 1. The van der Waals surface area contributed by atoms with Gasteiger partial charge in [-0.1, -0.05) is 12.1 Å². The molecule has 0 saturated carbocycles. The Balaban J connectivity index is 1.66. The predicted molar refractivity (Wildman–Crippen MR) is 78.8 cm³/mol. The van der Waals surface area contributed by atoms with Crippen molar-refractivity contribution in [3.63, 3.8) is 0 Å². The number of hydrogen-bond acceptors (Lipinski definition) is 3. The van der Waals surface area contributed by atoms with Gasteiger partial charge in [0, 0.05) is 44.3 Å². The molecule has 2 heterocycles. The molecular formula is C16H16FN3O. The molecule has 4 nitrogen and oxygen atoms in total. The molecule has 0 spiro atoms. The second-order valence-electron chi connectivity index (χ2n) is 4.96. The summed E-state index contributed by atoms with van der Waals surface area (Å²) < 4.78 is 13.7. The van der Waals surface area contributed by atoms with Crippen LogP contribution in [0, 0.1) is 5.82 Å². The van der Waals surface area contributed by atoms with E-state index in [0.29, 0.717) is 13.1 Å². The average Bonchev–Trinajstić information content (AvgIpc) is 2.56. The number of aromatic nitrogens is 1. The molecular weight excluding hydrogens is 269 g/mol. The Kier molecular flexibility index (Phi) is 3.81. The first-order chi connectivity index (χ1) is 10.3. The number of rotatable bonds is 2. The lowest BCUT2D eigenvalue weighted by molar-refractivity contribution is 0.0742. The molecule has 0 bridgehead atoms. The predicted octanol–water partition coefficient (Wildman–Crippen LogP) is 2.18. The monoisotopic (exact) mass is 285 g/mol. The van der Waals surface area contributed by atoms with Crippen LogP contribution in [0.25, 0.3) is 0 Å². The molecule has 1 aliphatic heterocycles. The number of halogens is 1. The Labute approximate surface area is 122 Å². The first-order valence-electron chi connectivity index (χ1n) is 6.94. The van der Waals surface area contributed by atoms with Crippen LogP contribution in [0.1, 0.15) is 10.4 Å². The summed E-state index contributed by atoms with van der Waals surface area (Å²) in [7, 11) is 0. The highest BCUT2D eigenvalue weighted by atomic mass is 19.1. The molecule has 3 rings (SSSR count). The van der Waals surface area contributed by atoms with E-state index in [4.69, 9.17) is 0 Å². The fourth-order valence-electron chi connectivity index (χ4n) is 2.53. The topological polar surface area (TPSA) is 36.4 Å². The maximum Gasteiger partial charge on any atom is 0.256 e. The van der Waals surface area contributed by atoms with Crippen LogP contribution >= 0.6 is 0 Å². The quantitative estimate of drug-likeness (QED) is 0.848. The van der Waals surface area contributed by atoms with Crippen LogP contribution in [0.4, 0.5) is 10.1 Å². The molecule has 1 fully saturated rings. The summed E-state index contributed by atoms with van der Waals surface area (Å²) in [5.41, 5.74) is 1.25. The van der Waals surface area contributed by atoms with Crippen LogP contribution in [-0.4, -0.2) is 42.0 Å². The molecule has 0 aliphatic carbocycles. The van der Waals surface area contributed by atoms with Gasteiger partial charge >= 0.3 is 0 Å². The van der Waals surface area contributed by atoms with E-state index in [0.717, 1.165) is 18.8 Å². The van der Waals surface area contributed by atoms with Gasteiger partial charge < -0.3 is 9.80 Å². The molecule has 5 heteroatoms. The van der Waals surface area contributed by atoms with Crippen molar-refractivity contribution >= 4 is 11.6 Å². The molecule has 1 aromatic carbocycles. The van der Waals surface area contributed by atoms with Gasteiger partial charge in [-0.25, -0.2) is 4.39 Å². The minimum absolute atomic E-state index is 0.148. The van der Waals surface area contributed by atoms with Gasteiger partial charge in [-0.15, -0.1) is 0 Å². The highest BCUT2D eigenvalue weighted by Gasteiger charge is 2.23. The number of pyridine rings is 1. The third kappa shape index (κ3) is 2.86. The molecule has 0 atom stereocenters. The minimum atomic E-state index is -0.459. The summed E-state index contributed by atoms with van der Waals surface area (Å²) in [6.45, 7) is 2.67. The van der Waals surface area contributed by atoms with Gasteiger partial charge in [0.2, 0.25) is 0 Å². The molecule has 0 unspecified atom stereocenters. The normalized spacial score (nSPS) is 15.1. The van der Waals surface area contributed by atoms with E-state index in [1.165, 1.54) is 12.1 Å². The summed E-state index contributed by atoms with van der Waals surface area (Å²) in [6, 6.07) is 10.0. The zero-order valence-corrected chi connectivity index (χ0v) is 11.6. The van der Waals surface area contributed by atoms with Crippen LogP contribution in [0.15, 0.2) is 48.8 Å². The van der Waals surface area contributed by atoms with Crippen LogP contribution < -0.4 is 4.90 Å². The zero-order valence-electron chi connectivity index (χ0n) is 11.6. The van der Waals surface area contributed by atoms with Crippen molar-refractivity contribution in [2.75, 3.05) is 31.1 Å². The minimum Gasteiger partial charge on any atom is -0.368 e. The van der Waals surface area contributed by atoms with Gasteiger partial charge in [-0.2, -0.15) is 0 Å². The van der Waals surface area contributed by atoms with Crippen molar-refractivity contribution in [2.24, 2.45) is 0 Å². The van der Waals surface area contributed by atoms with E-state index in [1.54, 1.807) is 29.4 Å². The number of benzene rings is 1. The largest absolute Gasteiger partial charge is 0.368 e. The van der Waals surface area contributed by atoms with E-state index in [2.05, 4.69) is 9.88 Å². The van der Waals surface area contributed by atoms with Crippen molar-refractivity contribution in [1.29, 1.82) is 0 Å². The Morgan fingerprint density at radius 1 is 1.00 bits per heavy atom. The molecule has 1 aromatic heterocycles. The lowest BCUT2D eigenvalue weighted by atomic mass is 10.1. The van der Waals surface area contributed by atoms with Crippen molar-refractivity contribution in [2.45, 2.75) is 0 Å². The Bertz CT molecular complexity index is 624. The lowest BCUT2D eigenvalue weighted by Crippen LogP contribution is -2.49. The standard InChI is InChI=1S/C16H16FN3O/c17-15-4-2-1-3-14(15)16(21)20-11-9-19(10-12-20)13-5-7-18-8-6-13/h1-8H,9-12H2. The van der Waals surface area contributed by atoms with Gasteiger partial charge in [0.15, 0.2) is 0 Å². The highest BCUT2D eigenvalue weighted by molar-refractivity contribution is 5.94. The smallest absolute Gasteiger partial charge is 0.256 e.